The summed E-state index contributed by atoms with van der Waals surface area (Å²) in [5.41, 5.74) is 0.675. The summed E-state index contributed by atoms with van der Waals surface area (Å²) in [5, 5.41) is 10.3. The minimum Gasteiger partial charge on any atom is -0.466 e. The van der Waals surface area contributed by atoms with E-state index in [9.17, 15) is 13.5 Å². The molecule has 0 saturated heterocycles. The molecule has 0 radical (unpaired) electrons. The number of nitrogens with one attached hydrogen (secondary N) is 1. The van der Waals surface area contributed by atoms with E-state index in [1.54, 1.807) is 32.0 Å². The van der Waals surface area contributed by atoms with Crippen LogP contribution >= 0.6 is 11.6 Å². The van der Waals surface area contributed by atoms with Crippen molar-refractivity contribution in [1.82, 2.24) is 4.72 Å². The molecular formula is C15H18ClNO4S. The van der Waals surface area contributed by atoms with Crippen LogP contribution in [0, 0.1) is 13.8 Å². The van der Waals surface area contributed by atoms with Crippen LogP contribution in [0.2, 0.25) is 5.02 Å². The van der Waals surface area contributed by atoms with E-state index in [0.717, 1.165) is 0 Å². The number of hydrogen-bond donors (Lipinski definition) is 2. The van der Waals surface area contributed by atoms with Crippen LogP contribution in [0.15, 0.2) is 39.6 Å². The predicted molar refractivity (Wildman–Crippen MR) is 84.4 cm³/mol. The van der Waals surface area contributed by atoms with E-state index in [0.29, 0.717) is 17.1 Å². The molecule has 0 aliphatic carbocycles. The first kappa shape index (κ1) is 17.0. The lowest BCUT2D eigenvalue weighted by molar-refractivity contribution is 0.167. The average molecular weight is 344 g/mol. The molecule has 1 heterocycles. The van der Waals surface area contributed by atoms with Crippen LogP contribution in [-0.2, 0) is 10.0 Å². The average Bonchev–Trinajstić information content (AvgIpc) is 2.77. The zero-order chi connectivity index (χ0) is 16.3. The molecule has 0 saturated carbocycles. The standard InChI is InChI=1S/C15H18ClNO4S/c1-10-9-12(11(2)21-10)14(18)7-8-17-22(19,20)15-6-4-3-5-13(15)16/h3-6,9,14,17-18H,7-8H2,1-2H3. The third-order valence-electron chi connectivity index (χ3n) is 3.27. The van der Waals surface area contributed by atoms with Crippen molar-refractivity contribution in [1.29, 1.82) is 0 Å². The zero-order valence-electron chi connectivity index (χ0n) is 12.3. The number of furan rings is 1. The van der Waals surface area contributed by atoms with Gasteiger partial charge in [0.05, 0.1) is 11.1 Å². The van der Waals surface area contributed by atoms with Gasteiger partial charge in [0.15, 0.2) is 0 Å². The Labute approximate surface area is 135 Å². The molecule has 1 unspecified atom stereocenters. The number of aryl methyl sites for hydroxylation is 2. The molecule has 0 spiro atoms. The molecule has 0 bridgehead atoms. The number of aliphatic hydroxyl groups excluding tert-OH is 1. The Morgan fingerprint density at radius 1 is 1.32 bits per heavy atom. The highest BCUT2D eigenvalue weighted by Crippen LogP contribution is 2.24. The maximum atomic E-state index is 12.1. The summed E-state index contributed by atoms with van der Waals surface area (Å²) in [6, 6.07) is 7.97. The summed E-state index contributed by atoms with van der Waals surface area (Å²) >= 11 is 5.89. The maximum absolute atomic E-state index is 12.1. The fourth-order valence-electron chi connectivity index (χ4n) is 2.21. The quantitative estimate of drug-likeness (QED) is 0.845. The number of aliphatic hydroxyl groups is 1. The second-order valence-electron chi connectivity index (χ2n) is 5.00. The van der Waals surface area contributed by atoms with E-state index < -0.39 is 16.1 Å². The molecule has 7 heteroatoms. The third-order valence-corrected chi connectivity index (χ3v) is 5.24. The molecule has 22 heavy (non-hydrogen) atoms. The van der Waals surface area contributed by atoms with Crippen molar-refractivity contribution in [2.75, 3.05) is 6.54 Å². The Hall–Kier alpha value is -1.34. The van der Waals surface area contributed by atoms with Crippen molar-refractivity contribution >= 4 is 21.6 Å². The molecule has 2 N–H and O–H groups in total. The first-order chi connectivity index (χ1) is 10.3. The Kier molecular flexibility index (Phi) is 5.28. The van der Waals surface area contributed by atoms with Crippen LogP contribution in [-0.4, -0.2) is 20.1 Å². The van der Waals surface area contributed by atoms with Crippen LogP contribution in [0.4, 0.5) is 0 Å². The van der Waals surface area contributed by atoms with E-state index in [1.165, 1.54) is 12.1 Å². The number of hydrogen-bond acceptors (Lipinski definition) is 4. The Bertz CT molecular complexity index is 755. The smallest absolute Gasteiger partial charge is 0.242 e. The largest absolute Gasteiger partial charge is 0.466 e. The molecule has 5 nitrogen and oxygen atoms in total. The minimum absolute atomic E-state index is 0.0292. The molecule has 0 fully saturated rings. The molecule has 2 rings (SSSR count). The summed E-state index contributed by atoms with van der Waals surface area (Å²) < 4.78 is 32.1. The van der Waals surface area contributed by atoms with Crippen molar-refractivity contribution < 1.29 is 17.9 Å². The van der Waals surface area contributed by atoms with Gasteiger partial charge >= 0.3 is 0 Å². The first-order valence-corrected chi connectivity index (χ1v) is 8.66. The Balaban J connectivity index is 1.99. The van der Waals surface area contributed by atoms with Crippen LogP contribution in [0.25, 0.3) is 0 Å². The van der Waals surface area contributed by atoms with E-state index in [1.807, 2.05) is 0 Å². The number of sulfonamides is 1. The maximum Gasteiger partial charge on any atom is 0.242 e. The molecule has 1 atom stereocenters. The second-order valence-corrected chi connectivity index (χ2v) is 7.14. The minimum atomic E-state index is -3.69. The summed E-state index contributed by atoms with van der Waals surface area (Å²) in [4.78, 5) is 0.0292. The van der Waals surface area contributed by atoms with Gasteiger partial charge in [-0.15, -0.1) is 0 Å². The van der Waals surface area contributed by atoms with Crippen LogP contribution in [0.3, 0.4) is 0 Å². The van der Waals surface area contributed by atoms with Gasteiger partial charge in [-0.25, -0.2) is 13.1 Å². The summed E-state index contributed by atoms with van der Waals surface area (Å²) in [7, 11) is -3.69. The van der Waals surface area contributed by atoms with E-state index in [2.05, 4.69) is 4.72 Å². The van der Waals surface area contributed by atoms with E-state index >= 15 is 0 Å². The van der Waals surface area contributed by atoms with Crippen molar-refractivity contribution in [2.24, 2.45) is 0 Å². The molecule has 120 valence electrons. The topological polar surface area (TPSA) is 79.5 Å². The van der Waals surface area contributed by atoms with Gasteiger partial charge in [-0.05, 0) is 38.5 Å². The normalized spacial score (nSPS) is 13.3. The van der Waals surface area contributed by atoms with Gasteiger partial charge in [0.25, 0.3) is 0 Å². The van der Waals surface area contributed by atoms with Gasteiger partial charge in [0, 0.05) is 12.1 Å². The van der Waals surface area contributed by atoms with Crippen LogP contribution in [0.5, 0.6) is 0 Å². The van der Waals surface area contributed by atoms with Gasteiger partial charge in [0.2, 0.25) is 10.0 Å². The lowest BCUT2D eigenvalue weighted by Gasteiger charge is -2.11. The van der Waals surface area contributed by atoms with Gasteiger partial charge in [0.1, 0.15) is 16.4 Å². The molecule has 0 amide bonds. The van der Waals surface area contributed by atoms with Crippen molar-refractivity contribution in [3.63, 3.8) is 0 Å². The second kappa shape index (κ2) is 6.83. The Morgan fingerprint density at radius 2 is 2.00 bits per heavy atom. The summed E-state index contributed by atoms with van der Waals surface area (Å²) in [5.74, 6) is 1.35. The van der Waals surface area contributed by atoms with Crippen molar-refractivity contribution in [3.8, 4) is 0 Å². The van der Waals surface area contributed by atoms with Crippen LogP contribution in [0.1, 0.15) is 29.6 Å². The lowest BCUT2D eigenvalue weighted by atomic mass is 10.1. The number of benzene rings is 1. The van der Waals surface area contributed by atoms with Gasteiger partial charge in [-0.2, -0.15) is 0 Å². The SMILES string of the molecule is Cc1cc(C(O)CCNS(=O)(=O)c2ccccc2Cl)c(C)o1. The molecule has 0 aliphatic rings. The number of rotatable bonds is 6. The summed E-state index contributed by atoms with van der Waals surface area (Å²) in [6.07, 6.45) is -0.546. The fraction of sp³-hybridized carbons (Fsp3) is 0.333. The summed E-state index contributed by atoms with van der Waals surface area (Å²) in [6.45, 7) is 3.65. The van der Waals surface area contributed by atoms with Crippen molar-refractivity contribution in [2.45, 2.75) is 31.3 Å². The molecule has 1 aromatic heterocycles. The molecular weight excluding hydrogens is 326 g/mol. The third kappa shape index (κ3) is 3.89. The highest BCUT2D eigenvalue weighted by Gasteiger charge is 2.19. The van der Waals surface area contributed by atoms with Crippen molar-refractivity contribution in [3.05, 3.63) is 52.4 Å². The molecule has 1 aromatic carbocycles. The fourth-order valence-corrected chi connectivity index (χ4v) is 3.77. The van der Waals surface area contributed by atoms with E-state index in [-0.39, 0.29) is 22.9 Å². The highest BCUT2D eigenvalue weighted by molar-refractivity contribution is 7.89. The van der Waals surface area contributed by atoms with Crippen LogP contribution < -0.4 is 4.72 Å². The first-order valence-electron chi connectivity index (χ1n) is 6.80. The van der Waals surface area contributed by atoms with E-state index in [4.69, 9.17) is 16.0 Å². The molecule has 2 aromatic rings. The zero-order valence-corrected chi connectivity index (χ0v) is 13.9. The predicted octanol–water partition coefficient (Wildman–Crippen LogP) is 2.95. The highest BCUT2D eigenvalue weighted by atomic mass is 35.5. The van der Waals surface area contributed by atoms with Gasteiger partial charge in [-0.1, -0.05) is 23.7 Å². The lowest BCUT2D eigenvalue weighted by Crippen LogP contribution is -2.26. The monoisotopic (exact) mass is 343 g/mol. The number of halogens is 1. The van der Waals surface area contributed by atoms with Gasteiger partial charge in [-0.3, -0.25) is 0 Å². The van der Waals surface area contributed by atoms with Gasteiger partial charge < -0.3 is 9.52 Å². The Morgan fingerprint density at radius 3 is 2.59 bits per heavy atom. The molecule has 0 aliphatic heterocycles.